The molecule has 132 valence electrons. The molecule has 0 aliphatic carbocycles. The van der Waals surface area contributed by atoms with Gasteiger partial charge in [0.25, 0.3) is 5.91 Å². The smallest absolute Gasteiger partial charge is 0.324 e. The predicted molar refractivity (Wildman–Crippen MR) is 101 cm³/mol. The molecule has 0 aliphatic rings. The lowest BCUT2D eigenvalue weighted by Gasteiger charge is -2.07. The average Bonchev–Trinajstić information content (AvgIpc) is 3.02. The van der Waals surface area contributed by atoms with Crippen LogP contribution in [-0.2, 0) is 4.79 Å². The Morgan fingerprint density at radius 3 is 2.38 bits per heavy atom. The minimum absolute atomic E-state index is 0.307. The first kappa shape index (κ1) is 17.4. The fourth-order valence-electron chi connectivity index (χ4n) is 2.28. The highest BCUT2D eigenvalue weighted by atomic mass is 32.1. The highest BCUT2D eigenvalue weighted by Crippen LogP contribution is 2.29. The predicted octanol–water partition coefficient (Wildman–Crippen LogP) is 3.36. The van der Waals surface area contributed by atoms with E-state index in [2.05, 4.69) is 16.0 Å². The van der Waals surface area contributed by atoms with Gasteiger partial charge in [0.1, 0.15) is 6.54 Å². The molecule has 26 heavy (non-hydrogen) atoms. The highest BCUT2D eigenvalue weighted by Gasteiger charge is 2.09. The largest absolute Gasteiger partial charge is 0.480 e. The van der Waals surface area contributed by atoms with Crippen LogP contribution in [0.1, 0.15) is 10.4 Å². The first-order valence-corrected chi connectivity index (χ1v) is 8.49. The first-order chi connectivity index (χ1) is 12.5. The molecule has 0 saturated carbocycles. The Bertz CT molecular complexity index is 933. The lowest BCUT2D eigenvalue weighted by atomic mass is 10.2. The van der Waals surface area contributed by atoms with E-state index >= 15 is 0 Å². The van der Waals surface area contributed by atoms with Crippen LogP contribution in [0.5, 0.6) is 0 Å². The number of carboxylic acid groups (broad SMARTS) is 1. The van der Waals surface area contributed by atoms with E-state index in [1.807, 2.05) is 30.3 Å². The van der Waals surface area contributed by atoms with Crippen molar-refractivity contribution in [1.29, 1.82) is 0 Å². The van der Waals surface area contributed by atoms with Crippen LogP contribution in [0.3, 0.4) is 0 Å². The minimum atomic E-state index is -1.12. The number of aliphatic carboxylic acids is 1. The number of benzene rings is 2. The summed E-state index contributed by atoms with van der Waals surface area (Å²) < 4.78 is 1.08. The van der Waals surface area contributed by atoms with Crippen LogP contribution in [0, 0.1) is 0 Å². The molecule has 0 radical (unpaired) electrons. The quantitative estimate of drug-likeness (QED) is 0.553. The van der Waals surface area contributed by atoms with Gasteiger partial charge in [-0.05, 0) is 41.8 Å². The van der Waals surface area contributed by atoms with E-state index in [1.54, 1.807) is 12.1 Å². The van der Waals surface area contributed by atoms with Crippen molar-refractivity contribution in [3.8, 4) is 0 Å². The van der Waals surface area contributed by atoms with E-state index in [4.69, 9.17) is 5.11 Å². The zero-order valence-corrected chi connectivity index (χ0v) is 14.3. The van der Waals surface area contributed by atoms with Gasteiger partial charge >= 0.3 is 12.0 Å². The molecule has 3 amide bonds. The van der Waals surface area contributed by atoms with Crippen molar-refractivity contribution < 1.29 is 19.5 Å². The fourth-order valence-corrected chi connectivity index (χ4v) is 3.24. The summed E-state index contributed by atoms with van der Waals surface area (Å²) in [5, 5.41) is 18.1. The lowest BCUT2D eigenvalue weighted by molar-refractivity contribution is -0.135. The van der Waals surface area contributed by atoms with Crippen molar-refractivity contribution in [3.05, 3.63) is 60.2 Å². The Morgan fingerprint density at radius 2 is 1.69 bits per heavy atom. The summed E-state index contributed by atoms with van der Waals surface area (Å²) >= 11 is 1.48. The minimum Gasteiger partial charge on any atom is -0.480 e. The number of nitrogens with one attached hydrogen (secondary N) is 3. The molecule has 3 aromatic rings. The number of thiophene rings is 1. The monoisotopic (exact) mass is 369 g/mol. The second kappa shape index (κ2) is 7.66. The van der Waals surface area contributed by atoms with Gasteiger partial charge in [0.15, 0.2) is 0 Å². The van der Waals surface area contributed by atoms with E-state index in [1.165, 1.54) is 23.5 Å². The van der Waals surface area contributed by atoms with Crippen LogP contribution >= 0.6 is 11.3 Å². The zero-order valence-electron chi connectivity index (χ0n) is 13.5. The molecule has 0 saturated heterocycles. The fraction of sp³-hybridized carbons (Fsp3) is 0.0556. The lowest BCUT2D eigenvalue weighted by Crippen LogP contribution is -2.29. The summed E-state index contributed by atoms with van der Waals surface area (Å²) in [5.41, 5.74) is 0.820. The molecule has 1 heterocycles. The number of rotatable bonds is 5. The summed E-state index contributed by atoms with van der Waals surface area (Å²) in [6.45, 7) is -0.448. The van der Waals surface area contributed by atoms with Gasteiger partial charge in [-0.25, -0.2) is 4.79 Å². The standard InChI is InChI=1S/C18H15N3O4S/c22-16(23)10-19-17(24)11-5-7-13(8-6-11)20-18(25)21-15-9-12-3-1-2-4-14(12)26-15/h1-9H,10H2,(H,19,24)(H,22,23)(H2,20,21,25). The topological polar surface area (TPSA) is 108 Å². The average molecular weight is 369 g/mol. The summed E-state index contributed by atoms with van der Waals surface area (Å²) in [6.07, 6.45) is 0. The highest BCUT2D eigenvalue weighted by molar-refractivity contribution is 7.22. The van der Waals surface area contributed by atoms with Crippen molar-refractivity contribution in [3.63, 3.8) is 0 Å². The van der Waals surface area contributed by atoms with E-state index in [0.29, 0.717) is 11.3 Å². The summed E-state index contributed by atoms with van der Waals surface area (Å²) in [5.74, 6) is -1.61. The molecule has 0 spiro atoms. The molecule has 1 aromatic heterocycles. The Kier molecular flexibility index (Phi) is 5.14. The van der Waals surface area contributed by atoms with Crippen LogP contribution in [0.25, 0.3) is 10.1 Å². The number of urea groups is 1. The second-order valence-electron chi connectivity index (χ2n) is 5.38. The van der Waals surface area contributed by atoms with Crippen LogP contribution in [-0.4, -0.2) is 29.6 Å². The van der Waals surface area contributed by atoms with Gasteiger partial charge in [0.05, 0.1) is 5.00 Å². The van der Waals surface area contributed by atoms with Crippen LogP contribution in [0.2, 0.25) is 0 Å². The maximum absolute atomic E-state index is 12.1. The normalized spacial score (nSPS) is 10.3. The zero-order chi connectivity index (χ0) is 18.5. The molecule has 3 rings (SSSR count). The molecule has 0 bridgehead atoms. The summed E-state index contributed by atoms with van der Waals surface area (Å²) in [7, 11) is 0. The molecular formula is C18H15N3O4S. The molecule has 2 aromatic carbocycles. The molecule has 4 N–H and O–H groups in total. The Hall–Kier alpha value is -3.39. The molecule has 7 nitrogen and oxygen atoms in total. The molecule has 0 fully saturated rings. The third-order valence-corrected chi connectivity index (χ3v) is 4.50. The number of amides is 3. The molecule has 0 atom stereocenters. The molecule has 0 aliphatic heterocycles. The van der Waals surface area contributed by atoms with Crippen molar-refractivity contribution in [2.75, 3.05) is 17.2 Å². The Labute approximate surface area is 152 Å². The summed E-state index contributed by atoms with van der Waals surface area (Å²) in [4.78, 5) is 34.3. The maximum Gasteiger partial charge on any atom is 0.324 e. The van der Waals surface area contributed by atoms with Gasteiger partial charge in [-0.3, -0.25) is 14.9 Å². The van der Waals surface area contributed by atoms with Crippen LogP contribution in [0.15, 0.2) is 54.6 Å². The van der Waals surface area contributed by atoms with Crippen molar-refractivity contribution >= 4 is 50.0 Å². The third kappa shape index (κ3) is 4.37. The Morgan fingerprint density at radius 1 is 0.962 bits per heavy atom. The van der Waals surface area contributed by atoms with E-state index < -0.39 is 18.4 Å². The molecular weight excluding hydrogens is 354 g/mol. The second-order valence-corrected chi connectivity index (χ2v) is 6.47. The van der Waals surface area contributed by atoms with Gasteiger partial charge < -0.3 is 15.7 Å². The van der Waals surface area contributed by atoms with Gasteiger partial charge in [-0.2, -0.15) is 0 Å². The third-order valence-electron chi connectivity index (χ3n) is 3.47. The van der Waals surface area contributed by atoms with Crippen LogP contribution in [0.4, 0.5) is 15.5 Å². The number of hydrogen-bond donors (Lipinski definition) is 4. The van der Waals surface area contributed by atoms with Crippen molar-refractivity contribution in [1.82, 2.24) is 5.32 Å². The van der Waals surface area contributed by atoms with E-state index in [9.17, 15) is 14.4 Å². The Balaban J connectivity index is 1.58. The molecule has 0 unspecified atom stereocenters. The number of carbonyl (C=O) groups excluding carboxylic acids is 2. The number of carboxylic acids is 1. The first-order valence-electron chi connectivity index (χ1n) is 7.68. The number of hydrogen-bond acceptors (Lipinski definition) is 4. The van der Waals surface area contributed by atoms with Gasteiger partial charge in [-0.1, -0.05) is 18.2 Å². The SMILES string of the molecule is O=C(O)CNC(=O)c1ccc(NC(=O)Nc2cc3ccccc3s2)cc1. The van der Waals surface area contributed by atoms with E-state index in [-0.39, 0.29) is 6.03 Å². The van der Waals surface area contributed by atoms with E-state index in [0.717, 1.165) is 15.1 Å². The summed E-state index contributed by atoms with van der Waals surface area (Å²) in [6, 6.07) is 15.5. The maximum atomic E-state index is 12.1. The number of anilines is 2. The molecule has 8 heteroatoms. The number of carbonyl (C=O) groups is 3. The van der Waals surface area contributed by atoms with Crippen LogP contribution < -0.4 is 16.0 Å². The van der Waals surface area contributed by atoms with Gasteiger partial charge in [-0.15, -0.1) is 11.3 Å². The van der Waals surface area contributed by atoms with Crippen molar-refractivity contribution in [2.45, 2.75) is 0 Å². The number of fused-ring (bicyclic) bond motifs is 1. The van der Waals surface area contributed by atoms with Gasteiger partial charge in [0, 0.05) is 16.0 Å². The van der Waals surface area contributed by atoms with Gasteiger partial charge in [0.2, 0.25) is 0 Å². The van der Waals surface area contributed by atoms with Crippen molar-refractivity contribution in [2.24, 2.45) is 0 Å².